The number of Topliss-reactive ketones (excluding diaryl/α,β-unsaturated/α-hetero) is 1. The first-order chi connectivity index (χ1) is 11.6. The van der Waals surface area contributed by atoms with Gasteiger partial charge in [0, 0.05) is 5.41 Å². The first-order valence-corrected chi connectivity index (χ1v) is 9.87. The minimum absolute atomic E-state index is 0.0726. The van der Waals surface area contributed by atoms with Gasteiger partial charge in [0.1, 0.15) is 12.1 Å². The second kappa shape index (κ2) is 4.95. The maximum absolute atomic E-state index is 13.0. The zero-order valence-corrected chi connectivity index (χ0v) is 15.6. The first kappa shape index (κ1) is 17.2. The van der Waals surface area contributed by atoms with Gasteiger partial charge in [0.05, 0.1) is 11.3 Å². The van der Waals surface area contributed by atoms with E-state index >= 15 is 0 Å². The lowest BCUT2D eigenvalue weighted by Crippen LogP contribution is -2.59. The Bertz CT molecular complexity index is 656. The second-order valence-electron chi connectivity index (χ2n) is 10.2. The Morgan fingerprint density at radius 1 is 1.08 bits per heavy atom. The molecule has 4 rings (SSSR count). The Balaban J connectivity index is 1.81. The number of aliphatic carboxylic acids is 1. The number of carboxylic acids is 1. The number of carbonyl (C=O) groups excluding carboxylic acids is 2. The van der Waals surface area contributed by atoms with E-state index in [1.807, 2.05) is 13.8 Å². The van der Waals surface area contributed by atoms with Crippen LogP contribution in [0.25, 0.3) is 0 Å². The number of fused-ring (bicyclic) bond motifs is 3. The van der Waals surface area contributed by atoms with Crippen LogP contribution in [0.2, 0.25) is 0 Å². The number of rotatable bonds is 2. The van der Waals surface area contributed by atoms with E-state index in [-0.39, 0.29) is 27.9 Å². The topological polar surface area (TPSA) is 71.4 Å². The van der Waals surface area contributed by atoms with Crippen LogP contribution >= 0.6 is 0 Å². The van der Waals surface area contributed by atoms with Crippen LogP contribution < -0.4 is 0 Å². The normalized spacial score (nSPS) is 54.5. The molecule has 4 aliphatic rings. The molecule has 1 spiro atoms. The molecular weight excluding hydrogens is 316 g/mol. The molecule has 4 nitrogen and oxygen atoms in total. The van der Waals surface area contributed by atoms with Crippen LogP contribution in [0, 0.1) is 39.4 Å². The number of hydrogen-bond donors (Lipinski definition) is 1. The van der Waals surface area contributed by atoms with E-state index in [1.54, 1.807) is 0 Å². The highest BCUT2D eigenvalue weighted by molar-refractivity contribution is 6.00. The number of ketones is 1. The fraction of sp³-hybridized carbons (Fsp3) is 0.857. The summed E-state index contributed by atoms with van der Waals surface area (Å²) in [4.78, 5) is 37.0. The fourth-order valence-corrected chi connectivity index (χ4v) is 8.11. The quantitative estimate of drug-likeness (QED) is 0.608. The Labute approximate surface area is 149 Å². The smallest absolute Gasteiger partial charge is 0.309 e. The zero-order valence-electron chi connectivity index (χ0n) is 15.6. The summed E-state index contributed by atoms with van der Waals surface area (Å²) in [6.07, 6.45) is 7.96. The van der Waals surface area contributed by atoms with Crippen molar-refractivity contribution in [3.05, 3.63) is 0 Å². The molecule has 4 fully saturated rings. The van der Waals surface area contributed by atoms with Gasteiger partial charge in [-0.2, -0.15) is 0 Å². The Morgan fingerprint density at radius 3 is 2.40 bits per heavy atom. The summed E-state index contributed by atoms with van der Waals surface area (Å²) in [5, 5.41) is 9.95. The van der Waals surface area contributed by atoms with Gasteiger partial charge in [-0.3, -0.25) is 9.59 Å². The van der Waals surface area contributed by atoms with Crippen molar-refractivity contribution in [3.8, 4) is 0 Å². The van der Waals surface area contributed by atoms with Crippen LogP contribution in [0.3, 0.4) is 0 Å². The molecule has 0 heterocycles. The summed E-state index contributed by atoms with van der Waals surface area (Å²) in [6.45, 7) is 6.25. The highest BCUT2D eigenvalue weighted by atomic mass is 16.4. The summed E-state index contributed by atoms with van der Waals surface area (Å²) in [7, 11) is 0. The van der Waals surface area contributed by atoms with Gasteiger partial charge in [-0.25, -0.2) is 0 Å². The number of hydrogen-bond acceptors (Lipinski definition) is 3. The van der Waals surface area contributed by atoms with E-state index in [4.69, 9.17) is 0 Å². The highest BCUT2D eigenvalue weighted by Gasteiger charge is 2.71. The van der Waals surface area contributed by atoms with Crippen molar-refractivity contribution >= 4 is 18.0 Å². The van der Waals surface area contributed by atoms with Crippen molar-refractivity contribution in [1.29, 1.82) is 0 Å². The molecule has 0 radical (unpaired) electrons. The third-order valence-corrected chi connectivity index (χ3v) is 9.19. The van der Waals surface area contributed by atoms with Crippen LogP contribution in [0.15, 0.2) is 0 Å². The molecule has 0 aromatic carbocycles. The Hall–Kier alpha value is -1.19. The Morgan fingerprint density at radius 2 is 1.76 bits per heavy atom. The van der Waals surface area contributed by atoms with E-state index in [0.29, 0.717) is 5.92 Å². The molecule has 7 atom stereocenters. The van der Waals surface area contributed by atoms with Crippen molar-refractivity contribution in [3.63, 3.8) is 0 Å². The van der Waals surface area contributed by atoms with Gasteiger partial charge in [0.15, 0.2) is 0 Å². The number of aldehydes is 1. The van der Waals surface area contributed by atoms with E-state index in [0.717, 1.165) is 57.7 Å². The van der Waals surface area contributed by atoms with Crippen molar-refractivity contribution in [1.82, 2.24) is 0 Å². The van der Waals surface area contributed by atoms with E-state index in [9.17, 15) is 19.5 Å². The van der Waals surface area contributed by atoms with Crippen LogP contribution in [-0.2, 0) is 14.4 Å². The van der Waals surface area contributed by atoms with Crippen molar-refractivity contribution in [2.45, 2.75) is 72.1 Å². The van der Waals surface area contributed by atoms with Gasteiger partial charge in [-0.05, 0) is 74.5 Å². The lowest BCUT2D eigenvalue weighted by Gasteiger charge is -2.64. The predicted octanol–water partition coefficient (Wildman–Crippen LogP) is 3.87. The second-order valence-corrected chi connectivity index (χ2v) is 10.2. The lowest BCUT2D eigenvalue weighted by molar-refractivity contribution is -0.187. The maximum atomic E-state index is 13.0. The minimum atomic E-state index is -0.672. The molecule has 138 valence electrons. The average Bonchev–Trinajstić information content (AvgIpc) is 2.69. The van der Waals surface area contributed by atoms with E-state index in [2.05, 4.69) is 6.92 Å². The molecule has 0 aromatic heterocycles. The molecule has 4 saturated carbocycles. The average molecular weight is 346 g/mol. The van der Waals surface area contributed by atoms with Gasteiger partial charge in [-0.15, -0.1) is 0 Å². The zero-order chi connectivity index (χ0) is 18.3. The molecule has 0 amide bonds. The van der Waals surface area contributed by atoms with Gasteiger partial charge < -0.3 is 9.90 Å². The molecule has 2 bridgehead atoms. The highest BCUT2D eigenvalue weighted by Crippen LogP contribution is 2.74. The molecule has 0 aromatic rings. The number of carbonyl (C=O) groups is 3. The molecule has 4 heteroatoms. The first-order valence-electron chi connectivity index (χ1n) is 9.87. The molecular formula is C21H30O4. The molecule has 25 heavy (non-hydrogen) atoms. The Kier molecular flexibility index (Phi) is 3.41. The third-order valence-electron chi connectivity index (χ3n) is 9.19. The summed E-state index contributed by atoms with van der Waals surface area (Å²) in [5.41, 5.74) is -1.30. The van der Waals surface area contributed by atoms with Gasteiger partial charge in [0.2, 0.25) is 0 Å². The van der Waals surface area contributed by atoms with Crippen LogP contribution in [0.5, 0.6) is 0 Å². The standard InChI is InChI=1S/C21H30O4/c1-18-9-5-15-19(2)7-4-8-20(3,17(24)25)14(19)6-10-21(15,12-18)13(11-22)16(18)23/h11,13-15H,4-10,12H2,1-3H3,(H,24,25)/t13-,14+,15+,18+,19-,20-,21-/m1/s1. The van der Waals surface area contributed by atoms with Gasteiger partial charge in [0.25, 0.3) is 0 Å². The SMILES string of the molecule is C[C@]12CC[C@H]3[C@]4(C)CCC[C@@](C)(C(=O)O)[C@H]4CC[C@@]3(C1)[C@H](C=O)C2=O. The molecule has 0 saturated heterocycles. The van der Waals surface area contributed by atoms with Gasteiger partial charge in [-0.1, -0.05) is 20.3 Å². The van der Waals surface area contributed by atoms with E-state index in [1.165, 1.54) is 0 Å². The van der Waals surface area contributed by atoms with Crippen LogP contribution in [0.1, 0.15) is 72.1 Å². The molecule has 4 aliphatic carbocycles. The van der Waals surface area contributed by atoms with Crippen molar-refractivity contribution in [2.75, 3.05) is 0 Å². The molecule has 1 N–H and O–H groups in total. The van der Waals surface area contributed by atoms with Crippen LogP contribution in [0.4, 0.5) is 0 Å². The third kappa shape index (κ3) is 1.86. The lowest BCUT2D eigenvalue weighted by atomic mass is 9.39. The van der Waals surface area contributed by atoms with Crippen molar-refractivity contribution < 1.29 is 19.5 Å². The molecule has 0 aliphatic heterocycles. The predicted molar refractivity (Wildman–Crippen MR) is 92.9 cm³/mol. The van der Waals surface area contributed by atoms with Crippen molar-refractivity contribution in [2.24, 2.45) is 39.4 Å². The summed E-state index contributed by atoms with van der Waals surface area (Å²) < 4.78 is 0. The van der Waals surface area contributed by atoms with Crippen LogP contribution in [-0.4, -0.2) is 23.1 Å². The van der Waals surface area contributed by atoms with E-state index < -0.39 is 17.3 Å². The molecule has 0 unspecified atom stereocenters. The summed E-state index contributed by atoms with van der Waals surface area (Å²) in [6, 6.07) is 0. The number of carboxylic acid groups (broad SMARTS) is 1. The minimum Gasteiger partial charge on any atom is -0.481 e. The monoisotopic (exact) mass is 346 g/mol. The fourth-order valence-electron chi connectivity index (χ4n) is 8.11. The largest absolute Gasteiger partial charge is 0.481 e. The van der Waals surface area contributed by atoms with Gasteiger partial charge >= 0.3 is 5.97 Å². The summed E-state index contributed by atoms with van der Waals surface area (Å²) in [5.74, 6) is -0.541. The maximum Gasteiger partial charge on any atom is 0.309 e. The summed E-state index contributed by atoms with van der Waals surface area (Å²) >= 11 is 0.